The van der Waals surface area contributed by atoms with Crippen LogP contribution in [0.3, 0.4) is 0 Å². The number of nitrogens with zero attached hydrogens (tertiary/aromatic N) is 1. The second-order valence-corrected chi connectivity index (χ2v) is 15.5. The highest BCUT2D eigenvalue weighted by atomic mass is 16.5. The Morgan fingerprint density at radius 1 is 0.956 bits per heavy atom. The van der Waals surface area contributed by atoms with E-state index in [2.05, 4.69) is 21.3 Å². The van der Waals surface area contributed by atoms with Gasteiger partial charge < -0.3 is 36.6 Å². The zero-order chi connectivity index (χ0) is 33.4. The number of carbonyl (C=O) groups is 6. The number of likely N-dealkylation sites (tertiary alicyclic amines) is 1. The molecule has 13 nitrogen and oxygen atoms in total. The van der Waals surface area contributed by atoms with Gasteiger partial charge in [0.2, 0.25) is 17.6 Å². The highest BCUT2D eigenvalue weighted by Crippen LogP contribution is 2.65. The van der Waals surface area contributed by atoms with Gasteiger partial charge in [0.25, 0.3) is 5.91 Å². The molecule has 6 amide bonds. The molecule has 6 atom stereocenters. The van der Waals surface area contributed by atoms with Gasteiger partial charge in [-0.15, -0.1) is 0 Å². The standard InChI is InChI=1S/C32H52N6O7/c1-16(2)21(15-45-30(44)34-13-18-10-11-18)36-29(43)37-25(31(3,4)5)28(42)38-14-19-22(32(19,6)7)23(38)27(41)35-20(12-17-8-9-17)24(39)26(33)40/h16-23,25H,8-15H2,1-7H3,(H2,33,40)(H,34,44)(H,35,41)(H2,36,37,43)/t19-,20?,21+,22-,23-,25?/m0/s1. The lowest BCUT2D eigenvalue weighted by atomic mass is 9.85. The van der Waals surface area contributed by atoms with Crippen LogP contribution < -0.4 is 27.0 Å². The summed E-state index contributed by atoms with van der Waals surface area (Å²) < 4.78 is 5.35. The molecule has 0 aromatic rings. The highest BCUT2D eigenvalue weighted by molar-refractivity contribution is 6.37. The van der Waals surface area contributed by atoms with E-state index in [-0.39, 0.29) is 35.7 Å². The number of hydrogen-bond donors (Lipinski definition) is 5. The lowest BCUT2D eigenvalue weighted by molar-refractivity contribution is -0.145. The van der Waals surface area contributed by atoms with E-state index in [4.69, 9.17) is 10.5 Å². The van der Waals surface area contributed by atoms with Crippen LogP contribution in [0.15, 0.2) is 0 Å². The van der Waals surface area contributed by atoms with Gasteiger partial charge in [0, 0.05) is 13.1 Å². The van der Waals surface area contributed by atoms with Crippen molar-refractivity contribution in [3.05, 3.63) is 0 Å². The van der Waals surface area contributed by atoms with E-state index in [9.17, 15) is 28.8 Å². The van der Waals surface area contributed by atoms with Gasteiger partial charge in [0.15, 0.2) is 0 Å². The Labute approximate surface area is 265 Å². The van der Waals surface area contributed by atoms with E-state index in [0.29, 0.717) is 25.4 Å². The molecule has 0 radical (unpaired) electrons. The maximum Gasteiger partial charge on any atom is 0.407 e. The number of ether oxygens (including phenoxy) is 1. The first kappa shape index (κ1) is 34.5. The van der Waals surface area contributed by atoms with Gasteiger partial charge in [-0.3, -0.25) is 19.2 Å². The number of carbonyl (C=O) groups excluding carboxylic acids is 6. The van der Waals surface area contributed by atoms with E-state index in [1.807, 2.05) is 48.5 Å². The van der Waals surface area contributed by atoms with Crippen molar-refractivity contribution in [2.24, 2.45) is 46.2 Å². The fourth-order valence-electron chi connectivity index (χ4n) is 6.48. The zero-order valence-electron chi connectivity index (χ0n) is 27.7. The lowest BCUT2D eigenvalue weighted by Gasteiger charge is -2.38. The average molecular weight is 633 g/mol. The largest absolute Gasteiger partial charge is 0.447 e. The number of primary amides is 1. The maximum absolute atomic E-state index is 14.2. The molecule has 0 bridgehead atoms. The van der Waals surface area contributed by atoms with Crippen molar-refractivity contribution in [3.63, 3.8) is 0 Å². The molecule has 45 heavy (non-hydrogen) atoms. The van der Waals surface area contributed by atoms with Crippen LogP contribution in [0, 0.1) is 40.4 Å². The summed E-state index contributed by atoms with van der Waals surface area (Å²) >= 11 is 0. The number of ketones is 1. The number of nitrogens with two attached hydrogens (primary N) is 1. The number of rotatable bonds is 14. The van der Waals surface area contributed by atoms with E-state index < -0.39 is 65.2 Å². The van der Waals surface area contributed by atoms with E-state index >= 15 is 0 Å². The first-order valence-electron chi connectivity index (χ1n) is 16.3. The third kappa shape index (κ3) is 8.46. The Kier molecular flexibility index (Phi) is 10.1. The lowest BCUT2D eigenvalue weighted by Crippen LogP contribution is -2.62. The number of hydrogen-bond acceptors (Lipinski definition) is 7. The molecule has 1 saturated heterocycles. The van der Waals surface area contributed by atoms with Gasteiger partial charge in [0.1, 0.15) is 18.7 Å². The number of fused-ring (bicyclic) bond motifs is 1. The fraction of sp³-hybridized carbons (Fsp3) is 0.812. The van der Waals surface area contributed by atoms with Crippen LogP contribution in [0.2, 0.25) is 0 Å². The topological polar surface area (TPSA) is 189 Å². The molecule has 13 heteroatoms. The summed E-state index contributed by atoms with van der Waals surface area (Å²) in [5.41, 5.74) is 4.38. The first-order valence-corrected chi connectivity index (χ1v) is 16.3. The number of Topliss-reactive ketones (excluding diaryl/α,β-unsaturated/α-hetero) is 1. The average Bonchev–Trinajstić information content (AvgIpc) is 3.89. The first-order chi connectivity index (χ1) is 20.9. The quantitative estimate of drug-likeness (QED) is 0.180. The molecule has 2 unspecified atom stereocenters. The number of amides is 6. The molecule has 252 valence electrons. The SMILES string of the molecule is CC(C)[C@@H](COC(=O)NCC1CC1)NC(=O)NC(C(=O)N1C[C@H]2[C@@H]([C@H]1C(=O)NC(CC1CC1)C(=O)C(N)=O)C2(C)C)C(C)(C)C. The predicted molar refractivity (Wildman–Crippen MR) is 165 cm³/mol. The van der Waals surface area contributed by atoms with Crippen molar-refractivity contribution in [3.8, 4) is 0 Å². The van der Waals surface area contributed by atoms with Crippen LogP contribution in [-0.4, -0.2) is 84.4 Å². The highest BCUT2D eigenvalue weighted by Gasteiger charge is 2.70. The van der Waals surface area contributed by atoms with Gasteiger partial charge in [-0.25, -0.2) is 9.59 Å². The van der Waals surface area contributed by atoms with Gasteiger partial charge in [-0.05, 0) is 59.7 Å². The Balaban J connectivity index is 1.44. The van der Waals surface area contributed by atoms with E-state index in [1.54, 1.807) is 0 Å². The number of urea groups is 1. The van der Waals surface area contributed by atoms with Gasteiger partial charge in [-0.2, -0.15) is 0 Å². The van der Waals surface area contributed by atoms with Crippen molar-refractivity contribution < 1.29 is 33.5 Å². The van der Waals surface area contributed by atoms with Crippen molar-refractivity contribution in [1.82, 2.24) is 26.2 Å². The maximum atomic E-state index is 14.2. The number of piperidine rings is 1. The molecule has 6 N–H and O–H groups in total. The van der Waals surface area contributed by atoms with Crippen LogP contribution in [0.1, 0.15) is 80.6 Å². The molecular formula is C32H52N6O7. The predicted octanol–water partition coefficient (Wildman–Crippen LogP) is 1.68. The van der Waals surface area contributed by atoms with Crippen LogP contribution >= 0.6 is 0 Å². The second kappa shape index (κ2) is 13.2. The molecule has 4 fully saturated rings. The smallest absolute Gasteiger partial charge is 0.407 e. The van der Waals surface area contributed by atoms with Crippen molar-refractivity contribution in [2.45, 2.75) is 105 Å². The van der Waals surface area contributed by atoms with Crippen molar-refractivity contribution in [2.75, 3.05) is 19.7 Å². The molecule has 0 aromatic heterocycles. The van der Waals surface area contributed by atoms with Crippen LogP contribution in [0.25, 0.3) is 0 Å². The Morgan fingerprint density at radius 2 is 1.58 bits per heavy atom. The fourth-order valence-corrected chi connectivity index (χ4v) is 6.48. The minimum atomic E-state index is -1.10. The molecule has 3 aliphatic carbocycles. The summed E-state index contributed by atoms with van der Waals surface area (Å²) in [7, 11) is 0. The van der Waals surface area contributed by atoms with E-state index in [1.165, 1.54) is 4.90 Å². The molecule has 3 saturated carbocycles. The summed E-state index contributed by atoms with van der Waals surface area (Å²) in [4.78, 5) is 79.2. The van der Waals surface area contributed by atoms with Crippen molar-refractivity contribution >= 4 is 35.6 Å². The Morgan fingerprint density at radius 3 is 2.11 bits per heavy atom. The molecule has 4 aliphatic rings. The van der Waals surface area contributed by atoms with Gasteiger partial charge in [0.05, 0.1) is 12.1 Å². The molecule has 1 heterocycles. The second-order valence-electron chi connectivity index (χ2n) is 15.5. The molecular weight excluding hydrogens is 580 g/mol. The third-order valence-electron chi connectivity index (χ3n) is 10.0. The molecule has 4 rings (SSSR count). The summed E-state index contributed by atoms with van der Waals surface area (Å²) in [5, 5.41) is 11.2. The van der Waals surface area contributed by atoms with Crippen LogP contribution in [-0.2, 0) is 23.9 Å². The number of alkyl carbamates (subject to hydrolysis) is 1. The van der Waals surface area contributed by atoms with Crippen molar-refractivity contribution in [1.29, 1.82) is 0 Å². The summed E-state index contributed by atoms with van der Waals surface area (Å²) in [6, 6.07) is -3.98. The summed E-state index contributed by atoms with van der Waals surface area (Å²) in [6.45, 7) is 14.2. The molecule has 0 aromatic carbocycles. The monoisotopic (exact) mass is 632 g/mol. The Hall–Kier alpha value is -3.38. The Bertz CT molecular complexity index is 1190. The molecule has 0 spiro atoms. The summed E-state index contributed by atoms with van der Waals surface area (Å²) in [5.74, 6) is -2.20. The third-order valence-corrected chi connectivity index (χ3v) is 10.0. The van der Waals surface area contributed by atoms with Crippen LogP contribution in [0.4, 0.5) is 9.59 Å². The van der Waals surface area contributed by atoms with Gasteiger partial charge in [-0.1, -0.05) is 61.3 Å². The van der Waals surface area contributed by atoms with E-state index in [0.717, 1.165) is 25.7 Å². The van der Waals surface area contributed by atoms with Gasteiger partial charge >= 0.3 is 12.1 Å². The summed E-state index contributed by atoms with van der Waals surface area (Å²) in [6.07, 6.45) is 3.84. The molecule has 1 aliphatic heterocycles. The minimum absolute atomic E-state index is 0.0332. The van der Waals surface area contributed by atoms with Crippen LogP contribution in [0.5, 0.6) is 0 Å². The zero-order valence-corrected chi connectivity index (χ0v) is 27.7. The minimum Gasteiger partial charge on any atom is -0.447 e. The number of nitrogens with one attached hydrogen (secondary N) is 4. The normalized spacial score (nSPS) is 25.3.